The third-order valence-corrected chi connectivity index (χ3v) is 4.00. The topological polar surface area (TPSA) is 29.1 Å². The Hall–Kier alpha value is -1.61. The van der Waals surface area contributed by atoms with Crippen LogP contribution in [0.1, 0.15) is 42.3 Å². The summed E-state index contributed by atoms with van der Waals surface area (Å²) in [6, 6.07) is 15.6. The van der Waals surface area contributed by atoms with E-state index in [-0.39, 0.29) is 11.3 Å². The van der Waals surface area contributed by atoms with Crippen LogP contribution < -0.4 is 5.32 Å². The smallest absolute Gasteiger partial charge is 0.255 e. The Balaban J connectivity index is 2.23. The predicted molar refractivity (Wildman–Crippen MR) is 92.2 cm³/mol. The molecule has 0 heterocycles. The van der Waals surface area contributed by atoms with E-state index >= 15 is 0 Å². The lowest BCUT2D eigenvalue weighted by atomic mass is 9.86. The third kappa shape index (κ3) is 3.94. The average molecular weight is 346 g/mol. The molecule has 0 saturated heterocycles. The Bertz CT molecular complexity index is 626. The largest absolute Gasteiger partial charge is 0.322 e. The molecule has 0 aliphatic heterocycles. The van der Waals surface area contributed by atoms with Gasteiger partial charge in [0.05, 0.1) is 0 Å². The summed E-state index contributed by atoms with van der Waals surface area (Å²) in [6.07, 6.45) is 0. The van der Waals surface area contributed by atoms with Gasteiger partial charge in [0, 0.05) is 16.6 Å². The van der Waals surface area contributed by atoms with Crippen molar-refractivity contribution in [1.82, 2.24) is 0 Å². The Morgan fingerprint density at radius 2 is 1.67 bits per heavy atom. The molecule has 1 amide bonds. The second-order valence-electron chi connectivity index (χ2n) is 6.08. The van der Waals surface area contributed by atoms with Gasteiger partial charge >= 0.3 is 0 Å². The molecule has 0 aliphatic rings. The van der Waals surface area contributed by atoms with Crippen LogP contribution in [0.5, 0.6) is 0 Å². The van der Waals surface area contributed by atoms with Gasteiger partial charge in [-0.3, -0.25) is 4.79 Å². The Kier molecular flexibility index (Phi) is 4.84. The maximum absolute atomic E-state index is 12.4. The SMILES string of the molecule is CC(C)(C)c1ccccc1NC(=O)c1ccc(CBr)cc1. The van der Waals surface area contributed by atoms with Gasteiger partial charge in [0.15, 0.2) is 0 Å². The number of carbonyl (C=O) groups excluding carboxylic acids is 1. The first-order chi connectivity index (χ1) is 9.91. The molecule has 0 aromatic heterocycles. The number of nitrogens with one attached hydrogen (secondary N) is 1. The molecule has 21 heavy (non-hydrogen) atoms. The number of anilines is 1. The highest BCUT2D eigenvalue weighted by atomic mass is 79.9. The number of benzene rings is 2. The van der Waals surface area contributed by atoms with Crippen molar-refractivity contribution >= 4 is 27.5 Å². The molecule has 0 fully saturated rings. The van der Waals surface area contributed by atoms with Crippen molar-refractivity contribution in [3.05, 3.63) is 65.2 Å². The second kappa shape index (κ2) is 6.44. The van der Waals surface area contributed by atoms with Gasteiger partial charge in [0.25, 0.3) is 5.91 Å². The minimum atomic E-state index is -0.0761. The fourth-order valence-corrected chi connectivity index (χ4v) is 2.56. The van der Waals surface area contributed by atoms with Crippen molar-refractivity contribution in [2.45, 2.75) is 31.5 Å². The van der Waals surface area contributed by atoms with Crippen LogP contribution >= 0.6 is 15.9 Å². The summed E-state index contributed by atoms with van der Waals surface area (Å²) in [6.45, 7) is 6.42. The fourth-order valence-electron chi connectivity index (χ4n) is 2.19. The van der Waals surface area contributed by atoms with Crippen LogP contribution in [0.25, 0.3) is 0 Å². The molecule has 0 atom stereocenters. The molecular formula is C18H20BrNO. The third-order valence-electron chi connectivity index (χ3n) is 3.35. The van der Waals surface area contributed by atoms with Crippen molar-refractivity contribution in [2.75, 3.05) is 5.32 Å². The van der Waals surface area contributed by atoms with Crippen LogP contribution in [0.3, 0.4) is 0 Å². The van der Waals surface area contributed by atoms with E-state index in [2.05, 4.69) is 48.1 Å². The molecule has 0 saturated carbocycles. The van der Waals surface area contributed by atoms with Gasteiger partial charge in [-0.2, -0.15) is 0 Å². The van der Waals surface area contributed by atoms with Crippen molar-refractivity contribution in [3.63, 3.8) is 0 Å². The van der Waals surface area contributed by atoms with Crippen molar-refractivity contribution in [2.24, 2.45) is 0 Å². The van der Waals surface area contributed by atoms with E-state index in [0.29, 0.717) is 5.56 Å². The number of para-hydroxylation sites is 1. The lowest BCUT2D eigenvalue weighted by Gasteiger charge is -2.23. The molecule has 2 aromatic rings. The zero-order valence-electron chi connectivity index (χ0n) is 12.6. The second-order valence-corrected chi connectivity index (χ2v) is 6.64. The summed E-state index contributed by atoms with van der Waals surface area (Å²) < 4.78 is 0. The van der Waals surface area contributed by atoms with E-state index in [0.717, 1.165) is 22.1 Å². The van der Waals surface area contributed by atoms with Crippen LogP contribution in [-0.4, -0.2) is 5.91 Å². The van der Waals surface area contributed by atoms with Gasteiger partial charge < -0.3 is 5.32 Å². The molecule has 0 bridgehead atoms. The summed E-state index contributed by atoms with van der Waals surface area (Å²) in [4.78, 5) is 12.4. The lowest BCUT2D eigenvalue weighted by Crippen LogP contribution is -2.18. The highest BCUT2D eigenvalue weighted by molar-refractivity contribution is 9.08. The molecule has 3 heteroatoms. The summed E-state index contributed by atoms with van der Waals surface area (Å²) in [5.74, 6) is -0.0761. The van der Waals surface area contributed by atoms with Crippen LogP contribution in [-0.2, 0) is 10.7 Å². The molecule has 2 aromatic carbocycles. The zero-order valence-corrected chi connectivity index (χ0v) is 14.2. The van der Waals surface area contributed by atoms with Crippen LogP contribution in [0, 0.1) is 0 Å². The normalized spacial score (nSPS) is 11.2. The lowest BCUT2D eigenvalue weighted by molar-refractivity contribution is 0.102. The number of carbonyl (C=O) groups is 1. The van der Waals surface area contributed by atoms with E-state index in [1.54, 1.807) is 0 Å². The van der Waals surface area contributed by atoms with Crippen molar-refractivity contribution in [3.8, 4) is 0 Å². The van der Waals surface area contributed by atoms with Crippen molar-refractivity contribution < 1.29 is 4.79 Å². The molecule has 110 valence electrons. The van der Waals surface area contributed by atoms with E-state index < -0.39 is 0 Å². The van der Waals surface area contributed by atoms with E-state index in [9.17, 15) is 4.79 Å². The van der Waals surface area contributed by atoms with Gasteiger partial charge in [-0.25, -0.2) is 0 Å². The standard InChI is InChI=1S/C18H20BrNO/c1-18(2,3)15-6-4-5-7-16(15)20-17(21)14-10-8-13(12-19)9-11-14/h4-11H,12H2,1-3H3,(H,20,21). The summed E-state index contributed by atoms with van der Waals surface area (Å²) in [5, 5.41) is 3.81. The maximum atomic E-state index is 12.4. The molecular weight excluding hydrogens is 326 g/mol. The number of hydrogen-bond donors (Lipinski definition) is 1. The minimum Gasteiger partial charge on any atom is -0.322 e. The zero-order chi connectivity index (χ0) is 15.5. The van der Waals surface area contributed by atoms with Crippen LogP contribution in [0.4, 0.5) is 5.69 Å². The van der Waals surface area contributed by atoms with Gasteiger partial charge in [-0.15, -0.1) is 0 Å². The molecule has 2 nitrogen and oxygen atoms in total. The summed E-state index contributed by atoms with van der Waals surface area (Å²) >= 11 is 3.40. The Morgan fingerprint density at radius 3 is 2.24 bits per heavy atom. The number of hydrogen-bond acceptors (Lipinski definition) is 1. The van der Waals surface area contributed by atoms with E-state index in [1.807, 2.05) is 42.5 Å². The van der Waals surface area contributed by atoms with Gasteiger partial charge in [0.2, 0.25) is 0 Å². The monoisotopic (exact) mass is 345 g/mol. The first kappa shape index (κ1) is 15.8. The van der Waals surface area contributed by atoms with Crippen LogP contribution in [0.15, 0.2) is 48.5 Å². The minimum absolute atomic E-state index is 0.0102. The first-order valence-corrected chi connectivity index (χ1v) is 8.10. The molecule has 2 rings (SSSR count). The quantitative estimate of drug-likeness (QED) is 0.767. The van der Waals surface area contributed by atoms with Gasteiger partial charge in [-0.1, -0.05) is 67.0 Å². The van der Waals surface area contributed by atoms with Gasteiger partial charge in [-0.05, 0) is 34.7 Å². The molecule has 0 unspecified atom stereocenters. The number of rotatable bonds is 3. The molecule has 0 aliphatic carbocycles. The summed E-state index contributed by atoms with van der Waals surface area (Å²) in [5.41, 5.74) is 3.82. The van der Waals surface area contributed by atoms with Gasteiger partial charge in [0.1, 0.15) is 0 Å². The molecule has 0 radical (unpaired) electrons. The molecule has 1 N–H and O–H groups in total. The number of amides is 1. The van der Waals surface area contributed by atoms with Crippen LogP contribution in [0.2, 0.25) is 0 Å². The number of halogens is 1. The van der Waals surface area contributed by atoms with Crippen molar-refractivity contribution in [1.29, 1.82) is 0 Å². The van der Waals surface area contributed by atoms with E-state index in [4.69, 9.17) is 0 Å². The molecule has 0 spiro atoms. The Morgan fingerprint density at radius 1 is 1.05 bits per heavy atom. The van der Waals surface area contributed by atoms with E-state index in [1.165, 1.54) is 0 Å². The fraction of sp³-hybridized carbons (Fsp3) is 0.278. The highest BCUT2D eigenvalue weighted by Crippen LogP contribution is 2.29. The number of alkyl halides is 1. The first-order valence-electron chi connectivity index (χ1n) is 6.97. The maximum Gasteiger partial charge on any atom is 0.255 e. The Labute approximate surface area is 134 Å². The predicted octanol–water partition coefficient (Wildman–Crippen LogP) is 5.13. The highest BCUT2D eigenvalue weighted by Gasteiger charge is 2.18. The summed E-state index contributed by atoms with van der Waals surface area (Å²) in [7, 11) is 0. The average Bonchev–Trinajstić information content (AvgIpc) is 2.47.